The third-order valence-corrected chi connectivity index (χ3v) is 4.94. The highest BCUT2D eigenvalue weighted by Gasteiger charge is 2.39. The van der Waals surface area contributed by atoms with Gasteiger partial charge in [-0.1, -0.05) is 12.1 Å². The Morgan fingerprint density at radius 1 is 0.889 bits per heavy atom. The van der Waals surface area contributed by atoms with Crippen LogP contribution in [0.25, 0.3) is 21.9 Å². The first kappa shape index (κ1) is 15.6. The molecule has 0 aliphatic heterocycles. The molecule has 1 aliphatic rings. The fourth-order valence-electron chi connectivity index (χ4n) is 3.78. The van der Waals surface area contributed by atoms with Crippen LogP contribution >= 0.6 is 0 Å². The van der Waals surface area contributed by atoms with Crippen LogP contribution in [0.3, 0.4) is 0 Å². The highest BCUT2D eigenvalue weighted by Crippen LogP contribution is 2.39. The van der Waals surface area contributed by atoms with Crippen LogP contribution in [0.1, 0.15) is 43.2 Å². The van der Waals surface area contributed by atoms with Gasteiger partial charge in [0.1, 0.15) is 16.7 Å². The molecule has 0 saturated heterocycles. The number of furan rings is 1. The van der Waals surface area contributed by atoms with Gasteiger partial charge in [-0.15, -0.1) is 0 Å². The van der Waals surface area contributed by atoms with Crippen LogP contribution in [0.15, 0.2) is 44.0 Å². The van der Waals surface area contributed by atoms with E-state index in [1.807, 2.05) is 13.0 Å². The van der Waals surface area contributed by atoms with Gasteiger partial charge in [0.2, 0.25) is 11.6 Å². The molecule has 5 rings (SSSR count). The molecule has 4 aromatic rings. The number of carbonyl (C=O) groups is 2. The largest absolute Gasteiger partial charge is 0.507 e. The van der Waals surface area contributed by atoms with Crippen LogP contribution in [-0.2, 0) is 0 Å². The zero-order chi connectivity index (χ0) is 19.0. The van der Waals surface area contributed by atoms with Crippen molar-refractivity contribution < 1.29 is 23.5 Å². The fraction of sp³-hybridized carbons (Fsp3) is 0.0952. The molecule has 6 heteroatoms. The number of carbonyl (C=O) groups excluding carboxylic acids is 2. The Labute approximate surface area is 151 Å². The molecule has 0 unspecified atom stereocenters. The minimum Gasteiger partial charge on any atom is -0.507 e. The summed E-state index contributed by atoms with van der Waals surface area (Å²) in [6.45, 7) is 3.52. The molecule has 27 heavy (non-hydrogen) atoms. The SMILES string of the molecule is Cc1cc(O)c2c(c1)C(=O)c1oc3c(c1C2=O)c(=O)oc1cccc(C)c13. The third kappa shape index (κ3) is 1.87. The Balaban J connectivity index is 1.99. The molecule has 0 radical (unpaired) electrons. The van der Waals surface area contributed by atoms with Crippen molar-refractivity contribution >= 4 is 33.5 Å². The predicted octanol–water partition coefficient (Wildman–Crippen LogP) is 3.64. The number of aromatic hydroxyl groups is 1. The fourth-order valence-corrected chi connectivity index (χ4v) is 3.78. The van der Waals surface area contributed by atoms with Crippen molar-refractivity contribution in [1.29, 1.82) is 0 Å². The number of phenols is 1. The number of fused-ring (bicyclic) bond motifs is 6. The van der Waals surface area contributed by atoms with E-state index in [2.05, 4.69) is 0 Å². The van der Waals surface area contributed by atoms with Gasteiger partial charge in [-0.3, -0.25) is 9.59 Å². The molecule has 6 nitrogen and oxygen atoms in total. The minimum absolute atomic E-state index is 0.0643. The molecular weight excluding hydrogens is 348 g/mol. The van der Waals surface area contributed by atoms with Crippen molar-refractivity contribution in [2.24, 2.45) is 0 Å². The standard InChI is InChI=1S/C21H12O6/c1-8-6-10-14(11(22)7-8)18(24)15-16-19(27-20(15)17(10)23)13-9(2)4-3-5-12(13)26-21(16)25/h3-7,22H,1-2H3. The summed E-state index contributed by atoms with van der Waals surface area (Å²) in [5.41, 5.74) is 0.908. The number of benzene rings is 2. The van der Waals surface area contributed by atoms with Crippen LogP contribution in [0.5, 0.6) is 5.75 Å². The second kappa shape index (κ2) is 4.94. The lowest BCUT2D eigenvalue weighted by atomic mass is 9.85. The van der Waals surface area contributed by atoms with Crippen molar-refractivity contribution in [2.75, 3.05) is 0 Å². The summed E-state index contributed by atoms with van der Waals surface area (Å²) >= 11 is 0. The highest BCUT2D eigenvalue weighted by molar-refractivity contribution is 6.33. The summed E-state index contributed by atoms with van der Waals surface area (Å²) in [4.78, 5) is 38.6. The summed E-state index contributed by atoms with van der Waals surface area (Å²) in [6.07, 6.45) is 0. The molecule has 1 N–H and O–H groups in total. The average Bonchev–Trinajstić information content (AvgIpc) is 3.00. The van der Waals surface area contributed by atoms with Crippen LogP contribution < -0.4 is 5.63 Å². The van der Waals surface area contributed by atoms with E-state index in [0.717, 1.165) is 5.56 Å². The quantitative estimate of drug-likeness (QED) is 0.424. The van der Waals surface area contributed by atoms with E-state index in [4.69, 9.17) is 8.83 Å². The molecular formula is C21H12O6. The Kier molecular flexibility index (Phi) is 2.85. The molecule has 0 bridgehead atoms. The molecule has 132 valence electrons. The molecule has 2 heterocycles. The van der Waals surface area contributed by atoms with Gasteiger partial charge < -0.3 is 13.9 Å². The zero-order valence-corrected chi connectivity index (χ0v) is 14.4. The molecule has 2 aromatic carbocycles. The van der Waals surface area contributed by atoms with Crippen LogP contribution in [0.4, 0.5) is 0 Å². The maximum Gasteiger partial charge on any atom is 0.348 e. The van der Waals surface area contributed by atoms with Gasteiger partial charge >= 0.3 is 5.63 Å². The van der Waals surface area contributed by atoms with Crippen molar-refractivity contribution in [3.8, 4) is 5.75 Å². The zero-order valence-electron chi connectivity index (χ0n) is 14.4. The molecule has 1 aliphatic carbocycles. The molecule has 0 spiro atoms. The summed E-state index contributed by atoms with van der Waals surface area (Å²) < 4.78 is 11.1. The lowest BCUT2D eigenvalue weighted by Crippen LogP contribution is -2.21. The second-order valence-electron chi connectivity index (χ2n) is 6.71. The van der Waals surface area contributed by atoms with Gasteiger partial charge in [0.15, 0.2) is 11.3 Å². The van der Waals surface area contributed by atoms with Crippen LogP contribution in [-0.4, -0.2) is 16.7 Å². The van der Waals surface area contributed by atoms with E-state index in [9.17, 15) is 19.5 Å². The topological polar surface area (TPSA) is 97.7 Å². The Morgan fingerprint density at radius 3 is 2.44 bits per heavy atom. The Hall–Kier alpha value is -3.67. The normalized spacial score (nSPS) is 13.3. The minimum atomic E-state index is -0.760. The summed E-state index contributed by atoms with van der Waals surface area (Å²) in [5, 5.41) is 10.7. The Bertz CT molecular complexity index is 1400. The third-order valence-electron chi connectivity index (χ3n) is 4.94. The summed E-state index contributed by atoms with van der Waals surface area (Å²) in [5.74, 6) is -1.67. The lowest BCUT2D eigenvalue weighted by molar-refractivity contribution is 0.0960. The first-order chi connectivity index (χ1) is 12.9. The van der Waals surface area contributed by atoms with Crippen molar-refractivity contribution in [3.05, 3.63) is 74.3 Å². The molecule has 0 fully saturated rings. The smallest absolute Gasteiger partial charge is 0.348 e. The molecule has 0 saturated carbocycles. The summed E-state index contributed by atoms with van der Waals surface area (Å²) in [6, 6.07) is 8.11. The van der Waals surface area contributed by atoms with E-state index in [1.54, 1.807) is 19.1 Å². The van der Waals surface area contributed by atoms with Gasteiger partial charge in [-0.2, -0.15) is 0 Å². The maximum atomic E-state index is 13.1. The number of hydrogen-bond donors (Lipinski definition) is 1. The number of rotatable bonds is 0. The Morgan fingerprint density at radius 2 is 1.67 bits per heavy atom. The van der Waals surface area contributed by atoms with Crippen molar-refractivity contribution in [1.82, 2.24) is 0 Å². The lowest BCUT2D eigenvalue weighted by Gasteiger charge is -2.15. The summed E-state index contributed by atoms with van der Waals surface area (Å²) in [7, 11) is 0. The van der Waals surface area contributed by atoms with Crippen LogP contribution in [0, 0.1) is 13.8 Å². The van der Waals surface area contributed by atoms with E-state index >= 15 is 0 Å². The second-order valence-corrected chi connectivity index (χ2v) is 6.71. The van der Waals surface area contributed by atoms with Crippen LogP contribution in [0.2, 0.25) is 0 Å². The number of hydrogen-bond acceptors (Lipinski definition) is 6. The molecule has 0 amide bonds. The van der Waals surface area contributed by atoms with Gasteiger partial charge in [-0.25, -0.2) is 4.79 Å². The van der Waals surface area contributed by atoms with Crippen molar-refractivity contribution in [2.45, 2.75) is 13.8 Å². The van der Waals surface area contributed by atoms with Gasteiger partial charge in [0.05, 0.1) is 16.5 Å². The maximum absolute atomic E-state index is 13.1. The first-order valence-electron chi connectivity index (χ1n) is 8.30. The predicted molar refractivity (Wildman–Crippen MR) is 96.7 cm³/mol. The van der Waals surface area contributed by atoms with E-state index < -0.39 is 17.2 Å². The van der Waals surface area contributed by atoms with Crippen molar-refractivity contribution in [3.63, 3.8) is 0 Å². The average molecular weight is 360 g/mol. The highest BCUT2D eigenvalue weighted by atomic mass is 16.4. The number of phenolic OH excluding ortho intramolecular Hbond substituents is 1. The van der Waals surface area contributed by atoms with E-state index in [-0.39, 0.29) is 39.2 Å². The first-order valence-corrected chi connectivity index (χ1v) is 8.30. The van der Waals surface area contributed by atoms with Gasteiger partial charge in [0, 0.05) is 5.56 Å². The molecule has 0 atom stereocenters. The van der Waals surface area contributed by atoms with Gasteiger partial charge in [-0.05, 0) is 43.2 Å². The number of aryl methyl sites for hydroxylation is 2. The molecule has 2 aromatic heterocycles. The van der Waals surface area contributed by atoms with E-state index in [0.29, 0.717) is 16.5 Å². The number of ketones is 2. The van der Waals surface area contributed by atoms with E-state index in [1.165, 1.54) is 12.1 Å². The van der Waals surface area contributed by atoms with Gasteiger partial charge in [0.25, 0.3) is 0 Å². The monoisotopic (exact) mass is 360 g/mol.